The number of rotatable bonds is 11. The van der Waals surface area contributed by atoms with Gasteiger partial charge in [0.25, 0.3) is 6.47 Å². The number of unbranched alkanes of at least 4 members (excludes halogenated alkanes) is 2. The topological polar surface area (TPSA) is 26.3 Å². The maximum Gasteiger partial charge on any atom is 0.293 e. The molecule has 0 aliphatic heterocycles. The van der Waals surface area contributed by atoms with Gasteiger partial charge in [-0.3, -0.25) is 4.79 Å². The normalized spacial score (nSPS) is 11.4. The first-order valence-corrected chi connectivity index (χ1v) is 8.22. The van der Waals surface area contributed by atoms with Crippen molar-refractivity contribution in [3.8, 4) is 0 Å². The summed E-state index contributed by atoms with van der Waals surface area (Å²) >= 11 is 0. The molecule has 0 aromatic rings. The smallest absolute Gasteiger partial charge is 0.293 e. The van der Waals surface area contributed by atoms with Crippen LogP contribution < -0.4 is 0 Å². The van der Waals surface area contributed by atoms with Crippen LogP contribution in [-0.4, -0.2) is 22.6 Å². The summed E-state index contributed by atoms with van der Waals surface area (Å²) in [5, 5.41) is 0. The average Bonchev–Trinajstić information content (AvgIpc) is 2.27. The summed E-state index contributed by atoms with van der Waals surface area (Å²) < 4.78 is 4.75. The lowest BCUT2D eigenvalue weighted by Gasteiger charge is -2.15. The molecule has 15 heavy (non-hydrogen) atoms. The molecular formula is C12H26O2Si. The van der Waals surface area contributed by atoms with E-state index in [1.165, 1.54) is 38.5 Å². The van der Waals surface area contributed by atoms with Gasteiger partial charge in [-0.25, -0.2) is 0 Å². The van der Waals surface area contributed by atoms with E-state index >= 15 is 0 Å². The highest BCUT2D eigenvalue weighted by molar-refractivity contribution is 6.37. The van der Waals surface area contributed by atoms with Crippen LogP contribution in [0.15, 0.2) is 0 Å². The summed E-state index contributed by atoms with van der Waals surface area (Å²) in [5.41, 5.74) is 0.986. The second kappa shape index (κ2) is 11.8. The van der Waals surface area contributed by atoms with E-state index in [-0.39, 0.29) is 9.52 Å². The molecule has 0 spiro atoms. The third kappa shape index (κ3) is 9.98. The number of carbonyl (C=O) groups is 1. The molecule has 0 amide bonds. The lowest BCUT2D eigenvalue weighted by Crippen LogP contribution is -2.07. The van der Waals surface area contributed by atoms with Crippen molar-refractivity contribution in [2.45, 2.75) is 64.0 Å². The molecule has 90 valence electrons. The van der Waals surface area contributed by atoms with Gasteiger partial charge in [0.05, 0.1) is 6.61 Å². The Bertz CT molecular complexity index is 132. The van der Waals surface area contributed by atoms with Crippen LogP contribution in [-0.2, 0) is 9.53 Å². The van der Waals surface area contributed by atoms with Crippen LogP contribution in [0.25, 0.3) is 0 Å². The maximum atomic E-state index is 9.99. The quantitative estimate of drug-likeness (QED) is 0.310. The minimum atomic E-state index is -0.0195. The molecule has 0 radical (unpaired) electrons. The van der Waals surface area contributed by atoms with Crippen molar-refractivity contribution in [1.82, 2.24) is 0 Å². The number of ether oxygens (including phenoxy) is 1. The lowest BCUT2D eigenvalue weighted by atomic mass is 10.1. The van der Waals surface area contributed by atoms with Crippen molar-refractivity contribution in [3.05, 3.63) is 0 Å². The van der Waals surface area contributed by atoms with Crippen molar-refractivity contribution >= 4 is 16.0 Å². The van der Waals surface area contributed by atoms with E-state index in [0.717, 1.165) is 11.6 Å². The van der Waals surface area contributed by atoms with Gasteiger partial charge in [0.2, 0.25) is 0 Å². The molecule has 0 saturated carbocycles. The van der Waals surface area contributed by atoms with Crippen LogP contribution in [0.5, 0.6) is 0 Å². The Morgan fingerprint density at radius 3 is 2.27 bits per heavy atom. The van der Waals surface area contributed by atoms with Crippen molar-refractivity contribution in [2.75, 3.05) is 6.61 Å². The summed E-state index contributed by atoms with van der Waals surface area (Å²) in [6.45, 7) is 5.74. The van der Waals surface area contributed by atoms with Gasteiger partial charge in [-0.2, -0.15) is 0 Å². The van der Waals surface area contributed by atoms with Gasteiger partial charge in [0.1, 0.15) is 0 Å². The zero-order valence-electron chi connectivity index (χ0n) is 10.3. The van der Waals surface area contributed by atoms with Gasteiger partial charge in [-0.05, 0) is 6.04 Å². The van der Waals surface area contributed by atoms with Crippen molar-refractivity contribution in [1.29, 1.82) is 0 Å². The monoisotopic (exact) mass is 230 g/mol. The fourth-order valence-electron chi connectivity index (χ4n) is 1.92. The van der Waals surface area contributed by atoms with Crippen molar-refractivity contribution in [2.24, 2.45) is 0 Å². The Morgan fingerprint density at radius 2 is 1.80 bits per heavy atom. The molecule has 0 aromatic carbocycles. The van der Waals surface area contributed by atoms with Gasteiger partial charge in [-0.1, -0.05) is 57.9 Å². The van der Waals surface area contributed by atoms with Gasteiger partial charge < -0.3 is 4.74 Å². The number of hydrogen-bond donors (Lipinski definition) is 0. The number of hydrogen-bond acceptors (Lipinski definition) is 2. The first kappa shape index (κ1) is 14.7. The Labute approximate surface area is 96.6 Å². The highest BCUT2D eigenvalue weighted by Crippen LogP contribution is 2.21. The van der Waals surface area contributed by atoms with Crippen LogP contribution in [0.4, 0.5) is 0 Å². The van der Waals surface area contributed by atoms with Crippen molar-refractivity contribution < 1.29 is 9.53 Å². The molecule has 0 fully saturated rings. The van der Waals surface area contributed by atoms with Gasteiger partial charge in [0.15, 0.2) is 0 Å². The lowest BCUT2D eigenvalue weighted by molar-refractivity contribution is -0.128. The SMILES string of the molecule is CCCCC(CCCC)[SiH2]CCOC=O. The summed E-state index contributed by atoms with van der Waals surface area (Å²) in [4.78, 5) is 9.99. The molecule has 0 saturated heterocycles. The zero-order valence-corrected chi connectivity index (χ0v) is 11.7. The van der Waals surface area contributed by atoms with Crippen LogP contribution in [0.2, 0.25) is 11.6 Å². The molecule has 0 heterocycles. The second-order valence-corrected chi connectivity index (χ2v) is 6.70. The van der Waals surface area contributed by atoms with E-state index in [2.05, 4.69) is 13.8 Å². The minimum Gasteiger partial charge on any atom is -0.468 e. The minimum absolute atomic E-state index is 0.0195. The highest BCUT2D eigenvalue weighted by atomic mass is 28.2. The van der Waals surface area contributed by atoms with Crippen molar-refractivity contribution in [3.63, 3.8) is 0 Å². The average molecular weight is 230 g/mol. The molecular weight excluding hydrogens is 204 g/mol. The summed E-state index contributed by atoms with van der Waals surface area (Å²) in [6.07, 6.45) is 8.17. The fraction of sp³-hybridized carbons (Fsp3) is 0.917. The van der Waals surface area contributed by atoms with E-state index in [9.17, 15) is 4.79 Å². The third-order valence-corrected chi connectivity index (χ3v) is 5.20. The molecule has 3 heteroatoms. The molecule has 0 rings (SSSR count). The van der Waals surface area contributed by atoms with Crippen LogP contribution >= 0.6 is 0 Å². The summed E-state index contributed by atoms with van der Waals surface area (Å²) in [6, 6.07) is 1.16. The zero-order chi connectivity index (χ0) is 11.4. The fourth-order valence-corrected chi connectivity index (χ4v) is 3.99. The van der Waals surface area contributed by atoms with Gasteiger partial charge in [0, 0.05) is 9.52 Å². The third-order valence-electron chi connectivity index (χ3n) is 2.87. The molecule has 0 aliphatic carbocycles. The van der Waals surface area contributed by atoms with E-state index in [4.69, 9.17) is 4.74 Å². The predicted molar refractivity (Wildman–Crippen MR) is 68.2 cm³/mol. The van der Waals surface area contributed by atoms with E-state index in [0.29, 0.717) is 13.1 Å². The molecule has 0 aliphatic rings. The molecule has 0 bridgehead atoms. The standard InChI is InChI=1S/C12H26O2Si/c1-3-5-7-12(8-6-4-2)15-10-9-14-11-13/h11-12H,3-10,15H2,1-2H3. The molecule has 0 unspecified atom stereocenters. The maximum absolute atomic E-state index is 9.99. The Morgan fingerprint density at radius 1 is 1.20 bits per heavy atom. The largest absolute Gasteiger partial charge is 0.468 e. The van der Waals surface area contributed by atoms with E-state index in [1.807, 2.05) is 0 Å². The highest BCUT2D eigenvalue weighted by Gasteiger charge is 2.08. The molecule has 0 atom stereocenters. The predicted octanol–water partition coefficient (Wildman–Crippen LogP) is 2.92. The molecule has 2 nitrogen and oxygen atoms in total. The Balaban J connectivity index is 3.53. The summed E-state index contributed by atoms with van der Waals surface area (Å²) in [7, 11) is -0.0195. The van der Waals surface area contributed by atoms with Crippen LogP contribution in [0.3, 0.4) is 0 Å². The van der Waals surface area contributed by atoms with Crippen LogP contribution in [0.1, 0.15) is 52.4 Å². The first-order valence-electron chi connectivity index (χ1n) is 6.40. The molecule has 0 aromatic heterocycles. The Kier molecular flexibility index (Phi) is 11.5. The van der Waals surface area contributed by atoms with E-state index in [1.54, 1.807) is 0 Å². The molecule has 0 N–H and O–H groups in total. The second-order valence-electron chi connectivity index (χ2n) is 4.26. The Hall–Kier alpha value is -0.313. The first-order chi connectivity index (χ1) is 7.35. The van der Waals surface area contributed by atoms with E-state index < -0.39 is 0 Å². The van der Waals surface area contributed by atoms with Crippen LogP contribution in [0, 0.1) is 0 Å². The summed E-state index contributed by atoms with van der Waals surface area (Å²) in [5.74, 6) is 0. The van der Waals surface area contributed by atoms with Gasteiger partial charge in [-0.15, -0.1) is 0 Å². The number of carbonyl (C=O) groups excluding carboxylic acids is 1. The van der Waals surface area contributed by atoms with Gasteiger partial charge >= 0.3 is 0 Å².